The van der Waals surface area contributed by atoms with Gasteiger partial charge in [-0.1, -0.05) is 0 Å². The molecule has 1 aliphatic rings. The number of carbonyl (C=O) groups is 2. The van der Waals surface area contributed by atoms with Crippen molar-refractivity contribution in [3.8, 4) is 0 Å². The van der Waals surface area contributed by atoms with Gasteiger partial charge in [0.15, 0.2) is 0 Å². The van der Waals surface area contributed by atoms with E-state index < -0.39 is 18.0 Å². The van der Waals surface area contributed by atoms with Gasteiger partial charge in [0.25, 0.3) is 0 Å². The summed E-state index contributed by atoms with van der Waals surface area (Å²) in [6, 6.07) is -0.911. The quantitative estimate of drug-likeness (QED) is 0.341. The van der Waals surface area contributed by atoms with Crippen LogP contribution >= 0.6 is 0 Å². The number of nitrogens with one attached hydrogen (secondary N) is 4. The van der Waals surface area contributed by atoms with Crippen molar-refractivity contribution in [3.63, 3.8) is 0 Å². The zero-order chi connectivity index (χ0) is 13.9. The Labute approximate surface area is 104 Å². The molecular weight excluding hydrogens is 240 g/mol. The van der Waals surface area contributed by atoms with Crippen LogP contribution in [0.2, 0.25) is 0 Å². The van der Waals surface area contributed by atoms with Crippen molar-refractivity contribution in [1.29, 1.82) is 0 Å². The van der Waals surface area contributed by atoms with Crippen molar-refractivity contribution in [2.45, 2.75) is 6.04 Å². The molecule has 0 amide bonds. The lowest BCUT2D eigenvalue weighted by molar-refractivity contribution is -0.133. The van der Waals surface area contributed by atoms with Gasteiger partial charge in [0, 0.05) is 14.1 Å². The van der Waals surface area contributed by atoms with E-state index in [4.69, 9.17) is 0 Å². The van der Waals surface area contributed by atoms with Crippen molar-refractivity contribution >= 4 is 11.9 Å². The molecule has 0 aromatic rings. The number of carboxylic acids is 2. The second-order valence-electron chi connectivity index (χ2n) is 3.53. The summed E-state index contributed by atoms with van der Waals surface area (Å²) in [5.74, 6) is -1.90. The molecule has 0 radical (unpaired) electrons. The molecule has 1 heterocycles. The average Bonchev–Trinajstić information content (AvgIpc) is 2.35. The van der Waals surface area contributed by atoms with E-state index in [1.165, 1.54) is 7.05 Å². The lowest BCUT2D eigenvalue weighted by atomic mass is 9.95. The van der Waals surface area contributed by atoms with E-state index in [2.05, 4.69) is 21.3 Å². The molecule has 0 saturated heterocycles. The number of likely N-dealkylation sites (N-methyl/N-ethyl adjacent to an activating group) is 1. The van der Waals surface area contributed by atoms with Gasteiger partial charge in [0.05, 0.1) is 17.2 Å². The van der Waals surface area contributed by atoms with Crippen LogP contribution in [-0.2, 0) is 9.59 Å². The number of carboxylic acid groups (broad SMARTS) is 2. The van der Waals surface area contributed by atoms with Crippen molar-refractivity contribution in [3.05, 3.63) is 22.8 Å². The second-order valence-corrected chi connectivity index (χ2v) is 3.53. The van der Waals surface area contributed by atoms with Crippen LogP contribution in [-0.4, -0.2) is 49.3 Å². The molecule has 0 unspecified atom stereocenters. The molecule has 0 bridgehead atoms. The summed E-state index contributed by atoms with van der Waals surface area (Å²) in [5, 5.41) is 29.2. The topological polar surface area (TPSA) is 123 Å². The van der Waals surface area contributed by atoms with E-state index >= 15 is 0 Å². The maximum atomic E-state index is 11.2. The van der Waals surface area contributed by atoms with Crippen molar-refractivity contribution in [1.82, 2.24) is 21.3 Å². The lowest BCUT2D eigenvalue weighted by Crippen LogP contribution is -2.48. The third-order valence-electron chi connectivity index (χ3n) is 2.62. The van der Waals surface area contributed by atoms with Gasteiger partial charge in [-0.15, -0.1) is 0 Å². The van der Waals surface area contributed by atoms with Gasteiger partial charge < -0.3 is 31.5 Å². The summed E-state index contributed by atoms with van der Waals surface area (Å²) in [4.78, 5) is 22.5. The minimum Gasteiger partial charge on any atom is -0.478 e. The summed E-state index contributed by atoms with van der Waals surface area (Å²) in [7, 11) is 4.61. The third kappa shape index (κ3) is 2.23. The van der Waals surface area contributed by atoms with E-state index in [1.54, 1.807) is 14.1 Å². The summed E-state index contributed by atoms with van der Waals surface area (Å²) < 4.78 is 0. The Kier molecular flexibility index (Phi) is 4.16. The van der Waals surface area contributed by atoms with Gasteiger partial charge >= 0.3 is 11.9 Å². The van der Waals surface area contributed by atoms with Gasteiger partial charge in [-0.05, 0) is 7.05 Å². The normalized spacial score (nSPS) is 16.4. The van der Waals surface area contributed by atoms with Crippen molar-refractivity contribution < 1.29 is 19.8 Å². The summed E-state index contributed by atoms with van der Waals surface area (Å²) in [5.41, 5.74) is -0.146. The first-order chi connectivity index (χ1) is 8.47. The fourth-order valence-electron chi connectivity index (χ4n) is 1.84. The zero-order valence-electron chi connectivity index (χ0n) is 10.3. The Bertz CT molecular complexity index is 403. The fourth-order valence-corrected chi connectivity index (χ4v) is 1.84. The van der Waals surface area contributed by atoms with Gasteiger partial charge in [-0.2, -0.15) is 0 Å². The molecule has 8 nitrogen and oxygen atoms in total. The molecule has 0 fully saturated rings. The summed E-state index contributed by atoms with van der Waals surface area (Å²) in [6.45, 7) is 0. The average molecular weight is 256 g/mol. The van der Waals surface area contributed by atoms with Crippen LogP contribution in [0.1, 0.15) is 0 Å². The molecule has 100 valence electrons. The molecule has 0 atom stereocenters. The maximum Gasteiger partial charge on any atom is 0.337 e. The molecule has 0 aliphatic carbocycles. The van der Waals surface area contributed by atoms with Crippen LogP contribution in [0.4, 0.5) is 0 Å². The monoisotopic (exact) mass is 256 g/mol. The summed E-state index contributed by atoms with van der Waals surface area (Å²) in [6.07, 6.45) is 0. The SMILES string of the molecule is CNC1=C(C(=O)O)C(NC)C(C(=O)O)=C(NC)N1. The highest BCUT2D eigenvalue weighted by molar-refractivity contribution is 5.97. The van der Waals surface area contributed by atoms with Crippen LogP contribution in [0.25, 0.3) is 0 Å². The van der Waals surface area contributed by atoms with E-state index in [0.717, 1.165) is 0 Å². The standard InChI is InChI=1S/C10H16N4O4/c1-11-6-4(9(15)16)7(12-2)14-8(13-3)5(6)10(17)18/h6,11-14H,1-3H3,(H,15,16)(H,17,18). The Morgan fingerprint density at radius 1 is 1.00 bits per heavy atom. The highest BCUT2D eigenvalue weighted by Crippen LogP contribution is 2.21. The molecular formula is C10H16N4O4. The first kappa shape index (κ1) is 13.8. The molecule has 8 heteroatoms. The molecule has 18 heavy (non-hydrogen) atoms. The first-order valence-electron chi connectivity index (χ1n) is 5.22. The van der Waals surface area contributed by atoms with E-state index in [1.807, 2.05) is 0 Å². The minimum atomic E-state index is -1.19. The van der Waals surface area contributed by atoms with Gasteiger partial charge in [-0.3, -0.25) is 0 Å². The molecule has 0 spiro atoms. The zero-order valence-corrected chi connectivity index (χ0v) is 10.3. The number of hydrogen-bond acceptors (Lipinski definition) is 6. The van der Waals surface area contributed by atoms with Crippen LogP contribution in [0.5, 0.6) is 0 Å². The Morgan fingerprint density at radius 3 is 1.61 bits per heavy atom. The van der Waals surface area contributed by atoms with Crippen LogP contribution in [0.15, 0.2) is 22.8 Å². The lowest BCUT2D eigenvalue weighted by Gasteiger charge is -2.29. The molecule has 1 rings (SSSR count). The van der Waals surface area contributed by atoms with Crippen LogP contribution in [0, 0.1) is 0 Å². The number of aliphatic carboxylic acids is 2. The van der Waals surface area contributed by atoms with Gasteiger partial charge in [-0.25, -0.2) is 9.59 Å². The minimum absolute atomic E-state index is 0.0728. The molecule has 6 N–H and O–H groups in total. The molecule has 0 saturated carbocycles. The van der Waals surface area contributed by atoms with Crippen molar-refractivity contribution in [2.24, 2.45) is 0 Å². The first-order valence-corrected chi connectivity index (χ1v) is 5.22. The van der Waals surface area contributed by atoms with Gasteiger partial charge in [0.2, 0.25) is 0 Å². The highest BCUT2D eigenvalue weighted by atomic mass is 16.4. The van der Waals surface area contributed by atoms with E-state index in [9.17, 15) is 19.8 Å². The highest BCUT2D eigenvalue weighted by Gasteiger charge is 2.36. The molecule has 1 aliphatic heterocycles. The molecule has 0 aromatic carbocycles. The third-order valence-corrected chi connectivity index (χ3v) is 2.62. The smallest absolute Gasteiger partial charge is 0.337 e. The van der Waals surface area contributed by atoms with Crippen LogP contribution in [0.3, 0.4) is 0 Å². The predicted molar refractivity (Wildman–Crippen MR) is 63.4 cm³/mol. The summed E-state index contributed by atoms with van der Waals surface area (Å²) >= 11 is 0. The Morgan fingerprint density at radius 2 is 1.39 bits per heavy atom. The largest absolute Gasteiger partial charge is 0.478 e. The van der Waals surface area contributed by atoms with Gasteiger partial charge in [0.1, 0.15) is 11.6 Å². The van der Waals surface area contributed by atoms with E-state index in [0.29, 0.717) is 0 Å². The van der Waals surface area contributed by atoms with Crippen LogP contribution < -0.4 is 21.3 Å². The predicted octanol–water partition coefficient (Wildman–Crippen LogP) is -1.79. The maximum absolute atomic E-state index is 11.2. The number of rotatable bonds is 5. The number of dihydropyridines is 1. The Hall–Kier alpha value is -2.22. The van der Waals surface area contributed by atoms with Crippen molar-refractivity contribution in [2.75, 3.05) is 21.1 Å². The van der Waals surface area contributed by atoms with E-state index in [-0.39, 0.29) is 22.8 Å². The molecule has 0 aromatic heterocycles. The fraction of sp³-hybridized carbons (Fsp3) is 0.400. The number of hydrogen-bond donors (Lipinski definition) is 6. The second kappa shape index (κ2) is 5.41. The Balaban J connectivity index is 3.38.